The molecule has 3 rings (SSSR count). The number of piperidine rings is 1. The molecule has 1 aliphatic heterocycles. The van der Waals surface area contributed by atoms with Gasteiger partial charge in [0, 0.05) is 0 Å². The van der Waals surface area contributed by atoms with E-state index in [1.54, 1.807) is 0 Å². The van der Waals surface area contributed by atoms with Crippen molar-refractivity contribution in [1.82, 2.24) is 9.88 Å². The normalized spacial score (nSPS) is 19.5. The number of nitrogen functional groups attached to an aromatic ring is 1. The number of nitrogens with two attached hydrogens (primary N) is 1. The van der Waals surface area contributed by atoms with Crippen LogP contribution in [0.2, 0.25) is 0 Å². The van der Waals surface area contributed by atoms with Gasteiger partial charge in [-0.25, -0.2) is 4.98 Å². The van der Waals surface area contributed by atoms with Crippen molar-refractivity contribution in [3.63, 3.8) is 0 Å². The van der Waals surface area contributed by atoms with Crippen LogP contribution in [0.1, 0.15) is 39.0 Å². The van der Waals surface area contributed by atoms with Crippen LogP contribution in [0, 0.1) is 5.41 Å². The lowest BCUT2D eigenvalue weighted by Gasteiger charge is -2.38. The van der Waals surface area contributed by atoms with Crippen LogP contribution in [0.3, 0.4) is 0 Å². The lowest BCUT2D eigenvalue weighted by molar-refractivity contribution is 0.103. The number of rotatable bonds is 3. The summed E-state index contributed by atoms with van der Waals surface area (Å²) < 4.78 is 5.80. The molecule has 0 atom stereocenters. The van der Waals surface area contributed by atoms with Crippen LogP contribution in [0.5, 0.6) is 0 Å². The number of oxazole rings is 1. The van der Waals surface area contributed by atoms with Gasteiger partial charge in [0.2, 0.25) is 5.89 Å². The molecule has 0 unspecified atom stereocenters. The van der Waals surface area contributed by atoms with Gasteiger partial charge in [0.15, 0.2) is 5.58 Å². The Morgan fingerprint density at radius 2 is 2.10 bits per heavy atom. The molecule has 4 nitrogen and oxygen atoms in total. The van der Waals surface area contributed by atoms with E-state index >= 15 is 0 Å². The highest BCUT2D eigenvalue weighted by atomic mass is 16.3. The van der Waals surface area contributed by atoms with Crippen molar-refractivity contribution in [2.75, 3.05) is 18.8 Å². The maximum absolute atomic E-state index is 5.92. The molecular weight excluding hydrogens is 250 g/mol. The van der Waals surface area contributed by atoms with E-state index in [1.807, 2.05) is 18.2 Å². The van der Waals surface area contributed by atoms with Gasteiger partial charge in [-0.3, -0.25) is 4.90 Å². The van der Waals surface area contributed by atoms with Crippen LogP contribution in [0.15, 0.2) is 22.6 Å². The standard InChI is InChI=1S/C16H23N3O/c1-3-16(2)7-9-19(10-8-16)11-14-18-15-12(17)5-4-6-13(15)20-14/h4-6H,3,7-11,17H2,1-2H3. The van der Waals surface area contributed by atoms with Gasteiger partial charge in [0.05, 0.1) is 12.2 Å². The molecule has 1 fully saturated rings. The number of anilines is 1. The number of nitrogens with zero attached hydrogens (tertiary/aromatic N) is 2. The summed E-state index contributed by atoms with van der Waals surface area (Å²) in [7, 11) is 0. The monoisotopic (exact) mass is 273 g/mol. The van der Waals surface area contributed by atoms with Gasteiger partial charge in [0.1, 0.15) is 5.52 Å². The smallest absolute Gasteiger partial charge is 0.209 e. The van der Waals surface area contributed by atoms with Crippen molar-refractivity contribution in [3.8, 4) is 0 Å². The summed E-state index contributed by atoms with van der Waals surface area (Å²) in [4.78, 5) is 6.96. The molecule has 2 N–H and O–H groups in total. The summed E-state index contributed by atoms with van der Waals surface area (Å²) >= 11 is 0. The van der Waals surface area contributed by atoms with E-state index in [0.29, 0.717) is 11.1 Å². The van der Waals surface area contributed by atoms with Crippen LogP contribution < -0.4 is 5.73 Å². The van der Waals surface area contributed by atoms with Crippen LogP contribution >= 0.6 is 0 Å². The van der Waals surface area contributed by atoms with Gasteiger partial charge < -0.3 is 10.2 Å². The van der Waals surface area contributed by atoms with E-state index in [9.17, 15) is 0 Å². The van der Waals surface area contributed by atoms with E-state index in [-0.39, 0.29) is 0 Å². The Bertz CT molecular complexity index is 597. The molecule has 0 radical (unpaired) electrons. The second-order valence-electron chi connectivity index (χ2n) is 6.24. The molecular formula is C16H23N3O. The van der Waals surface area contributed by atoms with Crippen LogP contribution in [-0.4, -0.2) is 23.0 Å². The fourth-order valence-corrected chi connectivity index (χ4v) is 2.88. The zero-order chi connectivity index (χ0) is 14.2. The Morgan fingerprint density at radius 3 is 2.75 bits per heavy atom. The number of para-hydroxylation sites is 1. The zero-order valence-electron chi connectivity index (χ0n) is 12.4. The summed E-state index contributed by atoms with van der Waals surface area (Å²) in [6.45, 7) is 7.72. The first-order chi connectivity index (χ1) is 9.59. The molecule has 108 valence electrons. The number of benzene rings is 1. The van der Waals surface area contributed by atoms with Crippen molar-refractivity contribution in [3.05, 3.63) is 24.1 Å². The Kier molecular flexibility index (Phi) is 3.42. The van der Waals surface area contributed by atoms with Crippen LogP contribution in [0.25, 0.3) is 11.1 Å². The lowest BCUT2D eigenvalue weighted by atomic mass is 9.78. The maximum Gasteiger partial charge on any atom is 0.209 e. The minimum Gasteiger partial charge on any atom is -0.439 e. The van der Waals surface area contributed by atoms with Gasteiger partial charge in [-0.05, 0) is 43.5 Å². The number of fused-ring (bicyclic) bond motifs is 1. The fourth-order valence-electron chi connectivity index (χ4n) is 2.88. The molecule has 1 aromatic carbocycles. The summed E-state index contributed by atoms with van der Waals surface area (Å²) in [6.07, 6.45) is 3.78. The summed E-state index contributed by atoms with van der Waals surface area (Å²) in [5.41, 5.74) is 8.70. The molecule has 2 aromatic rings. The van der Waals surface area contributed by atoms with Crippen LogP contribution in [-0.2, 0) is 6.54 Å². The molecule has 1 saturated heterocycles. The fraction of sp³-hybridized carbons (Fsp3) is 0.562. The van der Waals surface area contributed by atoms with E-state index in [4.69, 9.17) is 10.2 Å². The third-order valence-corrected chi connectivity index (χ3v) is 4.77. The van der Waals surface area contributed by atoms with Gasteiger partial charge in [-0.15, -0.1) is 0 Å². The van der Waals surface area contributed by atoms with Gasteiger partial charge >= 0.3 is 0 Å². The average molecular weight is 273 g/mol. The molecule has 1 aromatic heterocycles. The Balaban J connectivity index is 1.70. The predicted octanol–water partition coefficient (Wildman–Crippen LogP) is 3.42. The Labute approximate surface area is 120 Å². The van der Waals surface area contributed by atoms with Crippen molar-refractivity contribution >= 4 is 16.8 Å². The minimum atomic E-state index is 0.516. The summed E-state index contributed by atoms with van der Waals surface area (Å²) in [5.74, 6) is 0.776. The van der Waals surface area contributed by atoms with Crippen LogP contribution in [0.4, 0.5) is 5.69 Å². The molecule has 0 aliphatic carbocycles. The summed E-state index contributed by atoms with van der Waals surface area (Å²) in [5, 5.41) is 0. The first-order valence-electron chi connectivity index (χ1n) is 7.46. The molecule has 1 aliphatic rings. The predicted molar refractivity (Wildman–Crippen MR) is 81.3 cm³/mol. The van der Waals surface area contributed by atoms with Crippen molar-refractivity contribution in [2.24, 2.45) is 5.41 Å². The molecule has 0 amide bonds. The quantitative estimate of drug-likeness (QED) is 0.871. The zero-order valence-corrected chi connectivity index (χ0v) is 12.4. The largest absolute Gasteiger partial charge is 0.439 e. The average Bonchev–Trinajstić information content (AvgIpc) is 2.86. The number of likely N-dealkylation sites (tertiary alicyclic amines) is 1. The number of hydrogen-bond acceptors (Lipinski definition) is 4. The number of aromatic nitrogens is 1. The highest BCUT2D eigenvalue weighted by Crippen LogP contribution is 2.34. The maximum atomic E-state index is 5.92. The first kappa shape index (κ1) is 13.4. The third-order valence-electron chi connectivity index (χ3n) is 4.77. The van der Waals surface area contributed by atoms with E-state index < -0.39 is 0 Å². The van der Waals surface area contributed by atoms with Crippen molar-refractivity contribution < 1.29 is 4.42 Å². The highest BCUT2D eigenvalue weighted by Gasteiger charge is 2.28. The van der Waals surface area contributed by atoms with Gasteiger partial charge in [0.25, 0.3) is 0 Å². The Hall–Kier alpha value is -1.55. The SMILES string of the molecule is CCC1(C)CCN(Cc2nc3c(N)cccc3o2)CC1. The highest BCUT2D eigenvalue weighted by molar-refractivity contribution is 5.85. The topological polar surface area (TPSA) is 55.3 Å². The third kappa shape index (κ3) is 2.52. The molecule has 0 bridgehead atoms. The minimum absolute atomic E-state index is 0.516. The molecule has 4 heteroatoms. The van der Waals surface area contributed by atoms with Crippen molar-refractivity contribution in [1.29, 1.82) is 0 Å². The number of hydrogen-bond donors (Lipinski definition) is 1. The van der Waals surface area contributed by atoms with Gasteiger partial charge in [-0.2, -0.15) is 0 Å². The second kappa shape index (κ2) is 5.09. The molecule has 0 saturated carbocycles. The van der Waals surface area contributed by atoms with E-state index in [0.717, 1.165) is 36.6 Å². The molecule has 0 spiro atoms. The second-order valence-corrected chi connectivity index (χ2v) is 6.24. The molecule has 2 heterocycles. The lowest BCUT2D eigenvalue weighted by Crippen LogP contribution is -2.37. The Morgan fingerprint density at radius 1 is 1.35 bits per heavy atom. The molecule has 20 heavy (non-hydrogen) atoms. The first-order valence-corrected chi connectivity index (χ1v) is 7.46. The van der Waals surface area contributed by atoms with Crippen molar-refractivity contribution in [2.45, 2.75) is 39.7 Å². The van der Waals surface area contributed by atoms with E-state index in [1.165, 1.54) is 19.3 Å². The van der Waals surface area contributed by atoms with Gasteiger partial charge in [-0.1, -0.05) is 26.3 Å². The van der Waals surface area contributed by atoms with E-state index in [2.05, 4.69) is 23.7 Å². The summed E-state index contributed by atoms with van der Waals surface area (Å²) in [6, 6.07) is 5.69.